The van der Waals surface area contributed by atoms with Crippen molar-refractivity contribution in [2.45, 2.75) is 33.6 Å². The SMILES string of the molecule is C=C(F)C(=O)Oc1cc(C)c(C(C)C)c(C)c1. The van der Waals surface area contributed by atoms with Crippen LogP contribution in [0, 0.1) is 13.8 Å². The van der Waals surface area contributed by atoms with Gasteiger partial charge in [0.1, 0.15) is 5.75 Å². The molecule has 3 heteroatoms. The van der Waals surface area contributed by atoms with E-state index in [1.807, 2.05) is 13.8 Å². The van der Waals surface area contributed by atoms with Gasteiger partial charge >= 0.3 is 5.97 Å². The van der Waals surface area contributed by atoms with Crippen molar-refractivity contribution < 1.29 is 13.9 Å². The fourth-order valence-corrected chi connectivity index (χ4v) is 2.07. The molecular weight excluding hydrogens is 219 g/mol. The zero-order valence-corrected chi connectivity index (χ0v) is 10.6. The number of hydrogen-bond donors (Lipinski definition) is 0. The lowest BCUT2D eigenvalue weighted by Gasteiger charge is -2.15. The maximum absolute atomic E-state index is 12.5. The summed E-state index contributed by atoms with van der Waals surface area (Å²) in [4.78, 5) is 11.1. The van der Waals surface area contributed by atoms with Crippen LogP contribution in [0.25, 0.3) is 0 Å². The average Bonchev–Trinajstić information content (AvgIpc) is 2.15. The quantitative estimate of drug-likeness (QED) is 0.453. The van der Waals surface area contributed by atoms with E-state index in [1.165, 1.54) is 5.56 Å². The largest absolute Gasteiger partial charge is 0.421 e. The Kier molecular flexibility index (Phi) is 4.05. The highest BCUT2D eigenvalue weighted by molar-refractivity contribution is 5.87. The van der Waals surface area contributed by atoms with Crippen LogP contribution in [0.1, 0.15) is 36.5 Å². The third kappa shape index (κ3) is 3.16. The van der Waals surface area contributed by atoms with Crippen LogP contribution in [-0.4, -0.2) is 5.97 Å². The number of rotatable bonds is 3. The van der Waals surface area contributed by atoms with E-state index in [2.05, 4.69) is 20.4 Å². The summed E-state index contributed by atoms with van der Waals surface area (Å²) in [5.74, 6) is -1.38. The predicted octanol–water partition coefficient (Wildman–Crippen LogP) is 3.82. The van der Waals surface area contributed by atoms with Gasteiger partial charge in [-0.1, -0.05) is 20.4 Å². The lowest BCUT2D eigenvalue weighted by atomic mass is 9.93. The molecule has 0 aliphatic carbocycles. The number of ether oxygens (including phenoxy) is 1. The van der Waals surface area contributed by atoms with Gasteiger partial charge < -0.3 is 4.74 Å². The van der Waals surface area contributed by atoms with Gasteiger partial charge in [0.05, 0.1) is 0 Å². The molecule has 1 aromatic carbocycles. The highest BCUT2D eigenvalue weighted by Gasteiger charge is 2.13. The van der Waals surface area contributed by atoms with Crippen molar-refractivity contribution in [2.24, 2.45) is 0 Å². The molecule has 0 aliphatic heterocycles. The summed E-state index contributed by atoms with van der Waals surface area (Å²) >= 11 is 0. The molecule has 0 bridgehead atoms. The Labute approximate surface area is 101 Å². The van der Waals surface area contributed by atoms with E-state index in [4.69, 9.17) is 4.74 Å². The minimum atomic E-state index is -1.09. The molecule has 0 amide bonds. The number of halogens is 1. The van der Waals surface area contributed by atoms with Crippen LogP contribution < -0.4 is 4.74 Å². The second-order valence-corrected chi connectivity index (χ2v) is 4.42. The van der Waals surface area contributed by atoms with Crippen molar-refractivity contribution in [1.82, 2.24) is 0 Å². The molecule has 0 saturated carbocycles. The van der Waals surface area contributed by atoms with Gasteiger partial charge in [-0.05, 0) is 48.6 Å². The Balaban J connectivity index is 3.07. The van der Waals surface area contributed by atoms with Crippen molar-refractivity contribution in [2.75, 3.05) is 0 Å². The second kappa shape index (κ2) is 5.13. The predicted molar refractivity (Wildman–Crippen MR) is 65.9 cm³/mol. The number of benzene rings is 1. The first-order valence-electron chi connectivity index (χ1n) is 5.50. The van der Waals surface area contributed by atoms with Crippen LogP contribution in [0.5, 0.6) is 5.75 Å². The Bertz CT molecular complexity index is 438. The molecule has 0 saturated heterocycles. The number of hydrogen-bond acceptors (Lipinski definition) is 2. The Morgan fingerprint density at radius 3 is 2.12 bits per heavy atom. The molecule has 17 heavy (non-hydrogen) atoms. The molecule has 0 N–H and O–H groups in total. The summed E-state index contributed by atoms with van der Waals surface area (Å²) < 4.78 is 17.4. The molecule has 0 aromatic heterocycles. The molecule has 1 rings (SSSR count). The van der Waals surface area contributed by atoms with Crippen LogP contribution in [0.4, 0.5) is 4.39 Å². The van der Waals surface area contributed by atoms with Crippen LogP contribution in [0.15, 0.2) is 24.5 Å². The van der Waals surface area contributed by atoms with Crippen LogP contribution in [0.3, 0.4) is 0 Å². The number of carbonyl (C=O) groups excluding carboxylic acids is 1. The molecular formula is C14H17FO2. The van der Waals surface area contributed by atoms with Gasteiger partial charge in [-0.3, -0.25) is 0 Å². The molecule has 0 spiro atoms. The zero-order valence-electron chi connectivity index (χ0n) is 10.6. The molecule has 0 radical (unpaired) electrons. The zero-order chi connectivity index (χ0) is 13.2. The second-order valence-electron chi connectivity index (χ2n) is 4.42. The van der Waals surface area contributed by atoms with Crippen LogP contribution in [-0.2, 0) is 4.79 Å². The van der Waals surface area contributed by atoms with E-state index in [9.17, 15) is 9.18 Å². The van der Waals surface area contributed by atoms with Crippen molar-refractivity contribution in [1.29, 1.82) is 0 Å². The third-order valence-electron chi connectivity index (χ3n) is 2.58. The van der Waals surface area contributed by atoms with E-state index in [-0.39, 0.29) is 0 Å². The summed E-state index contributed by atoms with van der Waals surface area (Å²) in [6, 6.07) is 3.48. The Hall–Kier alpha value is -1.64. The fraction of sp³-hybridized carbons (Fsp3) is 0.357. The Morgan fingerprint density at radius 1 is 1.29 bits per heavy atom. The van der Waals surface area contributed by atoms with Gasteiger partial charge in [0.25, 0.3) is 0 Å². The number of esters is 1. The minimum absolute atomic E-state index is 0.355. The highest BCUT2D eigenvalue weighted by atomic mass is 19.1. The van der Waals surface area contributed by atoms with Crippen molar-refractivity contribution in [3.05, 3.63) is 41.2 Å². The van der Waals surface area contributed by atoms with Crippen LogP contribution >= 0.6 is 0 Å². The third-order valence-corrected chi connectivity index (χ3v) is 2.58. The van der Waals surface area contributed by atoms with E-state index < -0.39 is 11.8 Å². The van der Waals surface area contributed by atoms with Gasteiger partial charge in [-0.15, -0.1) is 0 Å². The van der Waals surface area contributed by atoms with E-state index in [1.54, 1.807) is 12.1 Å². The first-order chi connectivity index (χ1) is 7.82. The van der Waals surface area contributed by atoms with E-state index in [0.717, 1.165) is 11.1 Å². The number of carbonyl (C=O) groups is 1. The van der Waals surface area contributed by atoms with Gasteiger partial charge in [-0.2, -0.15) is 4.39 Å². The molecule has 1 aromatic rings. The Morgan fingerprint density at radius 2 is 1.76 bits per heavy atom. The van der Waals surface area contributed by atoms with E-state index in [0.29, 0.717) is 11.7 Å². The smallest absolute Gasteiger partial charge is 0.371 e. The molecule has 2 nitrogen and oxygen atoms in total. The lowest BCUT2D eigenvalue weighted by Crippen LogP contribution is -2.08. The first kappa shape index (κ1) is 13.4. The average molecular weight is 236 g/mol. The molecule has 0 heterocycles. The first-order valence-corrected chi connectivity index (χ1v) is 5.50. The summed E-state index contributed by atoms with van der Waals surface area (Å²) in [5, 5.41) is 0. The summed E-state index contributed by atoms with van der Waals surface area (Å²) in [6.07, 6.45) is 0. The molecule has 0 atom stereocenters. The molecule has 92 valence electrons. The molecule has 0 fully saturated rings. The maximum atomic E-state index is 12.5. The molecule has 0 unspecified atom stereocenters. The summed E-state index contributed by atoms with van der Waals surface area (Å²) in [5.41, 5.74) is 3.29. The van der Waals surface area contributed by atoms with Gasteiger partial charge in [0.2, 0.25) is 5.83 Å². The lowest BCUT2D eigenvalue weighted by molar-refractivity contribution is -0.131. The van der Waals surface area contributed by atoms with Gasteiger partial charge in [-0.25, -0.2) is 4.79 Å². The summed E-state index contributed by atoms with van der Waals surface area (Å²) in [7, 11) is 0. The standard InChI is InChI=1S/C14H17FO2/c1-8(2)13-9(3)6-12(7-10(13)4)17-14(16)11(5)15/h6-8H,5H2,1-4H3. The number of aryl methyl sites for hydroxylation is 2. The molecule has 0 aliphatic rings. The highest BCUT2D eigenvalue weighted by Crippen LogP contribution is 2.28. The van der Waals surface area contributed by atoms with Gasteiger partial charge in [0.15, 0.2) is 0 Å². The minimum Gasteiger partial charge on any atom is -0.421 e. The summed E-state index contributed by atoms with van der Waals surface area (Å²) in [6.45, 7) is 11.0. The monoisotopic (exact) mass is 236 g/mol. The maximum Gasteiger partial charge on any atom is 0.371 e. The van der Waals surface area contributed by atoms with Crippen LogP contribution in [0.2, 0.25) is 0 Å². The topological polar surface area (TPSA) is 26.3 Å². The van der Waals surface area contributed by atoms with Crippen molar-refractivity contribution >= 4 is 5.97 Å². The van der Waals surface area contributed by atoms with Crippen molar-refractivity contribution in [3.63, 3.8) is 0 Å². The van der Waals surface area contributed by atoms with E-state index >= 15 is 0 Å². The van der Waals surface area contributed by atoms with Crippen molar-refractivity contribution in [3.8, 4) is 5.75 Å². The normalized spacial score (nSPS) is 10.5. The van der Waals surface area contributed by atoms with Gasteiger partial charge in [0, 0.05) is 0 Å². The fourth-order valence-electron chi connectivity index (χ4n) is 2.07.